The molecular weight excluding hydrogens is 228 g/mol. The van der Waals surface area contributed by atoms with Gasteiger partial charge in [0.2, 0.25) is 0 Å². The van der Waals surface area contributed by atoms with Gasteiger partial charge in [-0.05, 0) is 37.3 Å². The molecule has 0 aliphatic heterocycles. The Morgan fingerprint density at radius 3 is 3.18 bits per heavy atom. The van der Waals surface area contributed by atoms with Gasteiger partial charge in [-0.15, -0.1) is 0 Å². The number of benzene rings is 1. The van der Waals surface area contributed by atoms with Gasteiger partial charge in [-0.25, -0.2) is 4.98 Å². The quantitative estimate of drug-likeness (QED) is 0.588. The van der Waals surface area contributed by atoms with Crippen LogP contribution in [0.4, 0.5) is 0 Å². The molecule has 0 radical (unpaired) electrons. The van der Waals surface area contributed by atoms with E-state index in [1.54, 1.807) is 0 Å². The predicted molar refractivity (Wildman–Crippen MR) is 71.8 cm³/mol. The van der Waals surface area contributed by atoms with Crippen LogP contribution in [0.5, 0.6) is 0 Å². The molecule has 1 aliphatic carbocycles. The Morgan fingerprint density at radius 1 is 1.35 bits per heavy atom. The summed E-state index contributed by atoms with van der Waals surface area (Å²) in [5.74, 6) is 0.790. The average molecular weight is 242 g/mol. The minimum Gasteiger partial charge on any atom is -0.287 e. The van der Waals surface area contributed by atoms with Crippen molar-refractivity contribution < 1.29 is 0 Å². The minimum absolute atomic E-state index is 0.790. The van der Waals surface area contributed by atoms with Crippen LogP contribution in [-0.2, 0) is 12.8 Å². The van der Waals surface area contributed by atoms with Crippen molar-refractivity contribution in [2.24, 2.45) is 5.92 Å². The number of hydrogen-bond acceptors (Lipinski definition) is 2. The van der Waals surface area contributed by atoms with Crippen LogP contribution in [0.2, 0.25) is 0 Å². The van der Waals surface area contributed by atoms with Crippen molar-refractivity contribution in [1.29, 1.82) is 0 Å². The van der Waals surface area contributed by atoms with Crippen LogP contribution in [0.1, 0.15) is 24.7 Å². The Kier molecular flexibility index (Phi) is 1.89. The summed E-state index contributed by atoms with van der Waals surface area (Å²) in [6.45, 7) is 2.33. The first-order valence-corrected chi connectivity index (χ1v) is 7.02. The molecule has 2 aromatic heterocycles. The third-order valence-corrected chi connectivity index (χ3v) is 4.77. The first-order valence-electron chi connectivity index (χ1n) is 6.20. The van der Waals surface area contributed by atoms with Crippen LogP contribution in [0.3, 0.4) is 0 Å². The highest BCUT2D eigenvalue weighted by atomic mass is 32.1. The van der Waals surface area contributed by atoms with E-state index in [4.69, 9.17) is 4.98 Å². The van der Waals surface area contributed by atoms with Gasteiger partial charge in [0, 0.05) is 5.69 Å². The van der Waals surface area contributed by atoms with E-state index in [0.717, 1.165) is 12.3 Å². The Balaban J connectivity index is 2.09. The van der Waals surface area contributed by atoms with Gasteiger partial charge in [0.15, 0.2) is 4.96 Å². The lowest BCUT2D eigenvalue weighted by Crippen LogP contribution is -2.11. The molecule has 3 heteroatoms. The number of hydrogen-bond donors (Lipinski definition) is 0. The molecular formula is C14H14N2S. The van der Waals surface area contributed by atoms with E-state index < -0.39 is 0 Å². The highest BCUT2D eigenvalue weighted by Gasteiger charge is 2.22. The van der Waals surface area contributed by atoms with Gasteiger partial charge in [-0.3, -0.25) is 4.40 Å². The van der Waals surface area contributed by atoms with E-state index in [-0.39, 0.29) is 0 Å². The standard InChI is InChI=1S/C14H14N2S/c1-9-6-7-11-10(8-9)15-14-16(11)12-4-2-3-5-13(12)17-14/h2-5,9H,6-8H2,1H3. The maximum Gasteiger partial charge on any atom is 0.195 e. The summed E-state index contributed by atoms with van der Waals surface area (Å²) in [5.41, 5.74) is 4.12. The molecule has 0 spiro atoms. The molecule has 1 atom stereocenters. The second kappa shape index (κ2) is 3.33. The zero-order valence-corrected chi connectivity index (χ0v) is 10.6. The highest BCUT2D eigenvalue weighted by molar-refractivity contribution is 7.23. The first-order chi connectivity index (χ1) is 8.33. The maximum atomic E-state index is 4.82. The Labute approximate surface area is 104 Å². The van der Waals surface area contributed by atoms with Crippen LogP contribution in [0.25, 0.3) is 15.2 Å². The van der Waals surface area contributed by atoms with E-state index in [1.165, 1.54) is 39.4 Å². The molecule has 0 amide bonds. The van der Waals surface area contributed by atoms with Gasteiger partial charge >= 0.3 is 0 Å². The summed E-state index contributed by atoms with van der Waals surface area (Å²) in [6, 6.07) is 8.62. The predicted octanol–water partition coefficient (Wildman–Crippen LogP) is 3.67. The second-order valence-electron chi connectivity index (χ2n) is 5.04. The van der Waals surface area contributed by atoms with Crippen molar-refractivity contribution in [3.05, 3.63) is 35.7 Å². The summed E-state index contributed by atoms with van der Waals surface area (Å²) < 4.78 is 3.72. The minimum atomic E-state index is 0.790. The molecule has 17 heavy (non-hydrogen) atoms. The van der Waals surface area contributed by atoms with E-state index >= 15 is 0 Å². The molecule has 0 saturated carbocycles. The number of aryl methyl sites for hydroxylation is 1. The van der Waals surface area contributed by atoms with Gasteiger partial charge in [0.25, 0.3) is 0 Å². The van der Waals surface area contributed by atoms with Crippen molar-refractivity contribution in [3.8, 4) is 0 Å². The lowest BCUT2D eigenvalue weighted by molar-refractivity contribution is 0.490. The van der Waals surface area contributed by atoms with Gasteiger partial charge in [0.1, 0.15) is 0 Å². The molecule has 0 bridgehead atoms. The maximum absolute atomic E-state index is 4.82. The topological polar surface area (TPSA) is 17.3 Å². The SMILES string of the molecule is CC1CCc2c(nc3sc4ccccc4n23)C1. The van der Waals surface area contributed by atoms with E-state index in [1.807, 2.05) is 11.3 Å². The average Bonchev–Trinajstić information content (AvgIpc) is 2.83. The molecule has 1 unspecified atom stereocenters. The van der Waals surface area contributed by atoms with Crippen LogP contribution in [0, 0.1) is 5.92 Å². The molecule has 3 aromatic rings. The molecule has 2 heterocycles. The second-order valence-corrected chi connectivity index (χ2v) is 6.05. The van der Waals surface area contributed by atoms with Crippen LogP contribution >= 0.6 is 11.3 Å². The third kappa shape index (κ3) is 1.29. The summed E-state index contributed by atoms with van der Waals surface area (Å²) in [5, 5.41) is 0. The molecule has 1 aromatic carbocycles. The lowest BCUT2D eigenvalue weighted by atomic mass is 9.91. The first kappa shape index (κ1) is 9.66. The summed E-state index contributed by atoms with van der Waals surface area (Å²) in [4.78, 5) is 5.99. The van der Waals surface area contributed by atoms with Gasteiger partial charge in [-0.2, -0.15) is 0 Å². The van der Waals surface area contributed by atoms with Gasteiger partial charge in [0.05, 0.1) is 15.9 Å². The summed E-state index contributed by atoms with van der Waals surface area (Å²) in [7, 11) is 0. The molecule has 4 rings (SSSR count). The summed E-state index contributed by atoms with van der Waals surface area (Å²) in [6.07, 6.45) is 3.63. The molecule has 0 fully saturated rings. The van der Waals surface area contributed by atoms with Crippen molar-refractivity contribution in [1.82, 2.24) is 9.38 Å². The number of aromatic nitrogens is 2. The Bertz CT molecular complexity index is 707. The third-order valence-electron chi connectivity index (χ3n) is 3.75. The number of imidazole rings is 1. The zero-order chi connectivity index (χ0) is 11.4. The molecule has 86 valence electrons. The van der Waals surface area contributed by atoms with E-state index in [2.05, 4.69) is 35.6 Å². The number of nitrogens with zero attached hydrogens (tertiary/aromatic N) is 2. The van der Waals surface area contributed by atoms with Crippen LogP contribution < -0.4 is 0 Å². The number of rotatable bonds is 0. The van der Waals surface area contributed by atoms with E-state index in [0.29, 0.717) is 0 Å². The number of fused-ring (bicyclic) bond motifs is 5. The highest BCUT2D eigenvalue weighted by Crippen LogP contribution is 2.33. The van der Waals surface area contributed by atoms with Crippen molar-refractivity contribution >= 4 is 26.5 Å². The Morgan fingerprint density at radius 2 is 2.24 bits per heavy atom. The van der Waals surface area contributed by atoms with E-state index in [9.17, 15) is 0 Å². The molecule has 0 N–H and O–H groups in total. The Hall–Kier alpha value is -1.35. The normalized spacial score (nSPS) is 19.9. The summed E-state index contributed by atoms with van der Waals surface area (Å²) >= 11 is 1.81. The molecule has 0 saturated heterocycles. The van der Waals surface area contributed by atoms with Crippen LogP contribution in [-0.4, -0.2) is 9.38 Å². The smallest absolute Gasteiger partial charge is 0.195 e. The monoisotopic (exact) mass is 242 g/mol. The fraction of sp³-hybridized carbons (Fsp3) is 0.357. The largest absolute Gasteiger partial charge is 0.287 e. The number of thiazole rings is 1. The molecule has 2 nitrogen and oxygen atoms in total. The zero-order valence-electron chi connectivity index (χ0n) is 9.81. The van der Waals surface area contributed by atoms with Gasteiger partial charge in [-0.1, -0.05) is 30.4 Å². The van der Waals surface area contributed by atoms with Crippen molar-refractivity contribution in [2.45, 2.75) is 26.2 Å². The van der Waals surface area contributed by atoms with Crippen molar-refractivity contribution in [3.63, 3.8) is 0 Å². The fourth-order valence-corrected chi connectivity index (χ4v) is 3.92. The molecule has 1 aliphatic rings. The van der Waals surface area contributed by atoms with Crippen LogP contribution in [0.15, 0.2) is 24.3 Å². The fourth-order valence-electron chi connectivity index (χ4n) is 2.85. The van der Waals surface area contributed by atoms with Gasteiger partial charge < -0.3 is 0 Å². The van der Waals surface area contributed by atoms with Crippen molar-refractivity contribution in [2.75, 3.05) is 0 Å². The number of para-hydroxylation sites is 1. The lowest BCUT2D eigenvalue weighted by Gasteiger charge is -2.17.